The number of rotatable bonds is 2. The lowest BCUT2D eigenvalue weighted by Crippen LogP contribution is -2.16. The van der Waals surface area contributed by atoms with E-state index >= 15 is 0 Å². The summed E-state index contributed by atoms with van der Waals surface area (Å²) in [6.07, 6.45) is -2.81. The number of aliphatic hydroxyl groups is 2. The van der Waals surface area contributed by atoms with Crippen LogP contribution in [0.15, 0.2) is 12.1 Å². The van der Waals surface area contributed by atoms with Gasteiger partial charge in [0.2, 0.25) is 0 Å². The zero-order valence-corrected chi connectivity index (χ0v) is 8.23. The highest BCUT2D eigenvalue weighted by molar-refractivity contribution is 6.30. The number of aromatic nitrogens is 1. The number of nitrogens with zero attached hydrogens (tertiary/aromatic N) is 2. The summed E-state index contributed by atoms with van der Waals surface area (Å²) in [6, 6.07) is 4.71. The van der Waals surface area contributed by atoms with Crippen molar-refractivity contribution in [3.63, 3.8) is 0 Å². The third kappa shape index (κ3) is 2.20. The maximum absolute atomic E-state index is 9.46. The van der Waals surface area contributed by atoms with E-state index in [0.717, 1.165) is 0 Å². The molecule has 74 valence electrons. The van der Waals surface area contributed by atoms with E-state index in [1.54, 1.807) is 13.0 Å². The van der Waals surface area contributed by atoms with Gasteiger partial charge < -0.3 is 10.2 Å². The Morgan fingerprint density at radius 3 is 2.64 bits per heavy atom. The van der Waals surface area contributed by atoms with Gasteiger partial charge in [0.1, 0.15) is 11.3 Å². The molecule has 0 bridgehead atoms. The number of hydrogen-bond acceptors (Lipinski definition) is 4. The van der Waals surface area contributed by atoms with E-state index in [1.807, 2.05) is 0 Å². The van der Waals surface area contributed by atoms with Crippen molar-refractivity contribution in [2.75, 3.05) is 0 Å². The Morgan fingerprint density at radius 1 is 1.50 bits per heavy atom. The molecule has 0 spiro atoms. The zero-order valence-electron chi connectivity index (χ0n) is 7.48. The van der Waals surface area contributed by atoms with Crippen molar-refractivity contribution in [1.29, 1.82) is 5.26 Å². The normalized spacial score (nSPS) is 14.5. The van der Waals surface area contributed by atoms with Crippen LogP contribution >= 0.6 is 11.6 Å². The summed E-state index contributed by atoms with van der Waals surface area (Å²) in [7, 11) is 0. The van der Waals surface area contributed by atoms with Crippen LogP contribution in [-0.2, 0) is 0 Å². The lowest BCUT2D eigenvalue weighted by atomic mass is 10.1. The predicted octanol–water partition coefficient (Wildman–Crippen LogP) is 0.961. The van der Waals surface area contributed by atoms with Crippen molar-refractivity contribution >= 4 is 11.6 Å². The SMILES string of the molecule is Cc1ccc(C(O)C(O)C#N)c(Cl)n1. The highest BCUT2D eigenvalue weighted by Gasteiger charge is 2.20. The zero-order chi connectivity index (χ0) is 10.7. The number of hydrogen-bond donors (Lipinski definition) is 2. The molecule has 0 fully saturated rings. The predicted molar refractivity (Wildman–Crippen MR) is 50.6 cm³/mol. The van der Waals surface area contributed by atoms with Crippen LogP contribution in [0.2, 0.25) is 5.15 Å². The van der Waals surface area contributed by atoms with E-state index in [-0.39, 0.29) is 10.7 Å². The summed E-state index contributed by atoms with van der Waals surface area (Å²) in [5, 5.41) is 27.0. The molecule has 0 aliphatic carbocycles. The minimum Gasteiger partial charge on any atom is -0.384 e. The molecule has 4 nitrogen and oxygen atoms in total. The first-order chi connectivity index (χ1) is 6.56. The summed E-state index contributed by atoms with van der Waals surface area (Å²) >= 11 is 5.73. The Kier molecular flexibility index (Phi) is 3.42. The number of aryl methyl sites for hydroxylation is 1. The minimum atomic E-state index is -1.49. The van der Waals surface area contributed by atoms with Crippen LogP contribution in [0, 0.1) is 18.3 Å². The molecule has 5 heteroatoms. The smallest absolute Gasteiger partial charge is 0.170 e. The first-order valence-corrected chi connectivity index (χ1v) is 4.33. The van der Waals surface area contributed by atoms with Gasteiger partial charge in [0.05, 0.1) is 6.07 Å². The Bertz CT molecular complexity index is 376. The molecule has 0 saturated heterocycles. The summed E-state index contributed by atoms with van der Waals surface area (Å²) in [5.74, 6) is 0. The van der Waals surface area contributed by atoms with Gasteiger partial charge in [-0.25, -0.2) is 4.98 Å². The molecule has 1 aromatic heterocycles. The van der Waals surface area contributed by atoms with E-state index in [4.69, 9.17) is 22.0 Å². The standard InChI is InChI=1S/C9H9ClN2O2/c1-5-2-3-6(9(10)12-5)8(14)7(13)4-11/h2-3,7-8,13-14H,1H3. The van der Waals surface area contributed by atoms with E-state index in [2.05, 4.69) is 4.98 Å². The van der Waals surface area contributed by atoms with Crippen molar-refractivity contribution in [2.24, 2.45) is 0 Å². The Labute approximate surface area is 86.4 Å². The summed E-state index contributed by atoms with van der Waals surface area (Å²) in [4.78, 5) is 3.90. The first-order valence-electron chi connectivity index (χ1n) is 3.95. The molecule has 2 N–H and O–H groups in total. The fraction of sp³-hybridized carbons (Fsp3) is 0.333. The number of halogens is 1. The molecular weight excluding hydrogens is 204 g/mol. The molecule has 0 saturated carbocycles. The minimum absolute atomic E-state index is 0.104. The van der Waals surface area contributed by atoms with Crippen molar-refractivity contribution < 1.29 is 10.2 Å². The van der Waals surface area contributed by atoms with Gasteiger partial charge in [0.15, 0.2) is 6.10 Å². The Balaban J connectivity index is 3.03. The lowest BCUT2D eigenvalue weighted by molar-refractivity contribution is 0.0526. The molecule has 14 heavy (non-hydrogen) atoms. The third-order valence-corrected chi connectivity index (χ3v) is 2.07. The molecule has 0 aliphatic rings. The Morgan fingerprint density at radius 2 is 2.14 bits per heavy atom. The molecule has 2 unspecified atom stereocenters. The van der Waals surface area contributed by atoms with E-state index < -0.39 is 12.2 Å². The second-order valence-corrected chi connectivity index (χ2v) is 3.21. The van der Waals surface area contributed by atoms with Gasteiger partial charge in [0.25, 0.3) is 0 Å². The largest absolute Gasteiger partial charge is 0.384 e. The van der Waals surface area contributed by atoms with Gasteiger partial charge in [-0.2, -0.15) is 5.26 Å². The van der Waals surface area contributed by atoms with Gasteiger partial charge in [-0.05, 0) is 13.0 Å². The van der Waals surface area contributed by atoms with Crippen molar-refractivity contribution in [1.82, 2.24) is 4.98 Å². The maximum atomic E-state index is 9.46. The second-order valence-electron chi connectivity index (χ2n) is 2.85. The lowest BCUT2D eigenvalue weighted by Gasteiger charge is -2.12. The molecule has 0 aromatic carbocycles. The van der Waals surface area contributed by atoms with Crippen LogP contribution in [0.5, 0.6) is 0 Å². The average Bonchev–Trinajstić information content (AvgIpc) is 2.15. The van der Waals surface area contributed by atoms with Gasteiger partial charge in [-0.1, -0.05) is 17.7 Å². The Hall–Kier alpha value is -1.15. The van der Waals surface area contributed by atoms with Crippen LogP contribution < -0.4 is 0 Å². The topological polar surface area (TPSA) is 77.1 Å². The van der Waals surface area contributed by atoms with Crippen molar-refractivity contribution in [2.45, 2.75) is 19.1 Å². The molecular formula is C9H9ClN2O2. The molecule has 2 atom stereocenters. The molecule has 1 aromatic rings. The fourth-order valence-corrected chi connectivity index (χ4v) is 1.31. The number of aliphatic hydroxyl groups excluding tert-OH is 2. The van der Waals surface area contributed by atoms with Gasteiger partial charge in [0, 0.05) is 11.3 Å². The molecule has 1 rings (SSSR count). The second kappa shape index (κ2) is 4.38. The first kappa shape index (κ1) is 10.9. The van der Waals surface area contributed by atoms with E-state index in [1.165, 1.54) is 12.1 Å². The highest BCUT2D eigenvalue weighted by atomic mass is 35.5. The number of nitriles is 1. The molecule has 0 amide bonds. The van der Waals surface area contributed by atoms with Crippen LogP contribution in [0.3, 0.4) is 0 Å². The van der Waals surface area contributed by atoms with E-state index in [0.29, 0.717) is 5.69 Å². The van der Waals surface area contributed by atoms with Crippen LogP contribution in [0.4, 0.5) is 0 Å². The maximum Gasteiger partial charge on any atom is 0.170 e. The van der Waals surface area contributed by atoms with Crippen molar-refractivity contribution in [3.05, 3.63) is 28.5 Å². The monoisotopic (exact) mass is 212 g/mol. The van der Waals surface area contributed by atoms with E-state index in [9.17, 15) is 5.11 Å². The highest BCUT2D eigenvalue weighted by Crippen LogP contribution is 2.23. The summed E-state index contributed by atoms with van der Waals surface area (Å²) in [6.45, 7) is 1.75. The summed E-state index contributed by atoms with van der Waals surface area (Å²) < 4.78 is 0. The number of pyridine rings is 1. The fourth-order valence-electron chi connectivity index (χ4n) is 0.997. The van der Waals surface area contributed by atoms with Crippen LogP contribution in [-0.4, -0.2) is 21.3 Å². The third-order valence-electron chi connectivity index (χ3n) is 1.77. The molecule has 0 aliphatic heterocycles. The summed E-state index contributed by atoms with van der Waals surface area (Å²) in [5.41, 5.74) is 0.962. The van der Waals surface area contributed by atoms with Crippen molar-refractivity contribution in [3.8, 4) is 6.07 Å². The van der Waals surface area contributed by atoms with Crippen LogP contribution in [0.25, 0.3) is 0 Å². The van der Waals surface area contributed by atoms with Gasteiger partial charge in [-0.15, -0.1) is 0 Å². The van der Waals surface area contributed by atoms with Gasteiger partial charge in [-0.3, -0.25) is 0 Å². The van der Waals surface area contributed by atoms with Crippen LogP contribution in [0.1, 0.15) is 17.4 Å². The quantitative estimate of drug-likeness (QED) is 0.566. The average molecular weight is 213 g/mol. The molecule has 1 heterocycles. The molecule has 0 radical (unpaired) electrons. The van der Waals surface area contributed by atoms with Gasteiger partial charge >= 0.3 is 0 Å².